The van der Waals surface area contributed by atoms with E-state index in [1.807, 2.05) is 6.92 Å². The summed E-state index contributed by atoms with van der Waals surface area (Å²) in [5.41, 5.74) is 1.04. The van der Waals surface area contributed by atoms with Crippen LogP contribution in [0.3, 0.4) is 0 Å². The fourth-order valence-electron chi connectivity index (χ4n) is 3.02. The largest absolute Gasteiger partial charge is 0.494 e. The lowest BCUT2D eigenvalue weighted by molar-refractivity contribution is -0.136. The maximum atomic E-state index is 12.6. The standard InChI is InChI=1S/C23H25NO7S/c1-2-30-20-8-3-18(4-9-20)5-12-23(26)31-17-22(25)19-6-10-21(11-7-19)32(27,28)24-13-15-29-16-14-24/h3-12H,2,13-17H2,1H3/b12-5+. The van der Waals surface area contributed by atoms with Crippen molar-refractivity contribution in [3.05, 3.63) is 65.7 Å². The topological polar surface area (TPSA) is 99.2 Å². The highest BCUT2D eigenvalue weighted by molar-refractivity contribution is 7.89. The minimum atomic E-state index is -3.63. The summed E-state index contributed by atoms with van der Waals surface area (Å²) in [7, 11) is -3.63. The number of morpholine rings is 1. The van der Waals surface area contributed by atoms with E-state index >= 15 is 0 Å². The van der Waals surface area contributed by atoms with Gasteiger partial charge in [0, 0.05) is 24.7 Å². The van der Waals surface area contributed by atoms with Gasteiger partial charge in [-0.25, -0.2) is 13.2 Å². The van der Waals surface area contributed by atoms with Crippen molar-refractivity contribution in [2.75, 3.05) is 39.5 Å². The first-order valence-corrected chi connectivity index (χ1v) is 11.6. The monoisotopic (exact) mass is 459 g/mol. The minimum absolute atomic E-state index is 0.103. The van der Waals surface area contributed by atoms with Crippen LogP contribution < -0.4 is 4.74 Å². The van der Waals surface area contributed by atoms with E-state index in [4.69, 9.17) is 14.2 Å². The molecule has 0 saturated carbocycles. The fraction of sp³-hybridized carbons (Fsp3) is 0.304. The zero-order valence-electron chi connectivity index (χ0n) is 17.7. The lowest BCUT2D eigenvalue weighted by Crippen LogP contribution is -2.40. The van der Waals surface area contributed by atoms with Crippen molar-refractivity contribution in [2.24, 2.45) is 0 Å². The van der Waals surface area contributed by atoms with Gasteiger partial charge in [0.15, 0.2) is 12.4 Å². The Bertz CT molecular complexity index is 1050. The number of ketones is 1. The molecule has 0 bridgehead atoms. The summed E-state index contributed by atoms with van der Waals surface area (Å²) >= 11 is 0. The molecule has 2 aromatic rings. The fourth-order valence-corrected chi connectivity index (χ4v) is 4.43. The molecule has 0 atom stereocenters. The first-order valence-electron chi connectivity index (χ1n) is 10.2. The lowest BCUT2D eigenvalue weighted by Gasteiger charge is -2.26. The molecule has 1 saturated heterocycles. The molecule has 0 spiro atoms. The third-order valence-corrected chi connectivity index (χ3v) is 6.65. The summed E-state index contributed by atoms with van der Waals surface area (Å²) in [5, 5.41) is 0. The Morgan fingerprint density at radius 3 is 2.31 bits per heavy atom. The van der Waals surface area contributed by atoms with E-state index in [-0.39, 0.29) is 10.5 Å². The van der Waals surface area contributed by atoms with Crippen molar-refractivity contribution in [3.63, 3.8) is 0 Å². The molecule has 0 radical (unpaired) electrons. The Morgan fingerprint density at radius 2 is 1.69 bits per heavy atom. The first-order chi connectivity index (χ1) is 15.4. The third kappa shape index (κ3) is 6.25. The smallest absolute Gasteiger partial charge is 0.331 e. The lowest BCUT2D eigenvalue weighted by atomic mass is 10.1. The molecule has 8 nitrogen and oxygen atoms in total. The number of carbonyl (C=O) groups is 2. The van der Waals surface area contributed by atoms with Crippen LogP contribution in [0.2, 0.25) is 0 Å². The predicted octanol–water partition coefficient (Wildman–Crippen LogP) is 2.55. The van der Waals surface area contributed by atoms with Crippen LogP contribution in [0.5, 0.6) is 5.75 Å². The van der Waals surface area contributed by atoms with Crippen molar-refractivity contribution < 1.29 is 32.2 Å². The number of esters is 1. The van der Waals surface area contributed by atoms with Crippen LogP contribution in [-0.4, -0.2) is 64.0 Å². The maximum Gasteiger partial charge on any atom is 0.331 e. The zero-order valence-corrected chi connectivity index (χ0v) is 18.5. The van der Waals surface area contributed by atoms with Crippen molar-refractivity contribution in [1.82, 2.24) is 4.31 Å². The Morgan fingerprint density at radius 1 is 1.03 bits per heavy atom. The number of hydrogen-bond donors (Lipinski definition) is 0. The Kier molecular flexibility index (Phi) is 8.15. The van der Waals surface area contributed by atoms with Gasteiger partial charge >= 0.3 is 5.97 Å². The Balaban J connectivity index is 1.52. The van der Waals surface area contributed by atoms with Crippen LogP contribution in [0, 0.1) is 0 Å². The van der Waals surface area contributed by atoms with Gasteiger partial charge in [0.1, 0.15) is 5.75 Å². The van der Waals surface area contributed by atoms with E-state index in [9.17, 15) is 18.0 Å². The van der Waals surface area contributed by atoms with Gasteiger partial charge in [-0.15, -0.1) is 0 Å². The number of sulfonamides is 1. The van der Waals surface area contributed by atoms with Crippen molar-refractivity contribution in [1.29, 1.82) is 0 Å². The third-order valence-electron chi connectivity index (χ3n) is 4.73. The molecular formula is C23H25NO7S. The Hall–Kier alpha value is -3.01. The Labute approximate surface area is 187 Å². The molecule has 0 amide bonds. The van der Waals surface area contributed by atoms with E-state index in [1.165, 1.54) is 34.6 Å². The molecule has 9 heteroatoms. The first kappa shape index (κ1) is 23.6. The number of Topliss-reactive ketones (excluding diaryl/α,β-unsaturated/α-hetero) is 1. The van der Waals surface area contributed by atoms with Crippen molar-refractivity contribution in [2.45, 2.75) is 11.8 Å². The SMILES string of the molecule is CCOc1ccc(/C=C/C(=O)OCC(=O)c2ccc(S(=O)(=O)N3CCOCC3)cc2)cc1. The molecule has 1 heterocycles. The predicted molar refractivity (Wildman–Crippen MR) is 118 cm³/mol. The van der Waals surface area contributed by atoms with E-state index in [0.29, 0.717) is 32.9 Å². The molecular weight excluding hydrogens is 434 g/mol. The van der Waals surface area contributed by atoms with Gasteiger partial charge in [-0.3, -0.25) is 4.79 Å². The second-order valence-corrected chi connectivity index (χ2v) is 8.85. The molecule has 3 rings (SSSR count). The summed E-state index contributed by atoms with van der Waals surface area (Å²) in [6.07, 6.45) is 2.81. The van der Waals surface area contributed by atoms with Gasteiger partial charge in [-0.05, 0) is 55.0 Å². The summed E-state index contributed by atoms with van der Waals surface area (Å²) in [6.45, 7) is 3.32. The van der Waals surface area contributed by atoms with Crippen LogP contribution in [-0.2, 0) is 24.3 Å². The van der Waals surface area contributed by atoms with Crippen LogP contribution in [0.25, 0.3) is 6.08 Å². The second kappa shape index (κ2) is 11.0. The van der Waals surface area contributed by atoms with Crippen molar-refractivity contribution >= 4 is 27.9 Å². The molecule has 32 heavy (non-hydrogen) atoms. The van der Waals surface area contributed by atoms with Gasteiger partial charge in [0.2, 0.25) is 10.0 Å². The zero-order chi connectivity index (χ0) is 23.0. The number of rotatable bonds is 9. The van der Waals surface area contributed by atoms with Crippen molar-refractivity contribution in [3.8, 4) is 5.75 Å². The summed E-state index contributed by atoms with van der Waals surface area (Å²) in [4.78, 5) is 24.3. The molecule has 0 N–H and O–H groups in total. The normalized spacial score (nSPS) is 14.9. The van der Waals surface area contributed by atoms with E-state index in [0.717, 1.165) is 11.3 Å². The van der Waals surface area contributed by atoms with Gasteiger partial charge in [0.25, 0.3) is 0 Å². The minimum Gasteiger partial charge on any atom is -0.494 e. The second-order valence-electron chi connectivity index (χ2n) is 6.91. The van der Waals surface area contributed by atoms with Crippen LogP contribution in [0.15, 0.2) is 59.5 Å². The molecule has 1 fully saturated rings. The molecule has 2 aromatic carbocycles. The molecule has 170 valence electrons. The van der Waals surface area contributed by atoms with Crippen LogP contribution in [0.4, 0.5) is 0 Å². The maximum absolute atomic E-state index is 12.6. The number of carbonyl (C=O) groups excluding carboxylic acids is 2. The highest BCUT2D eigenvalue weighted by Crippen LogP contribution is 2.18. The number of ether oxygens (including phenoxy) is 3. The highest BCUT2D eigenvalue weighted by Gasteiger charge is 2.26. The quantitative estimate of drug-likeness (QED) is 0.323. The summed E-state index contributed by atoms with van der Waals surface area (Å²) in [5.74, 6) is -0.344. The van der Waals surface area contributed by atoms with E-state index in [1.54, 1.807) is 30.3 Å². The molecule has 1 aliphatic rings. The highest BCUT2D eigenvalue weighted by atomic mass is 32.2. The summed E-state index contributed by atoms with van der Waals surface area (Å²) in [6, 6.07) is 12.8. The number of hydrogen-bond acceptors (Lipinski definition) is 7. The number of benzene rings is 2. The molecule has 0 aromatic heterocycles. The average molecular weight is 460 g/mol. The average Bonchev–Trinajstić information content (AvgIpc) is 2.83. The molecule has 1 aliphatic heterocycles. The van der Waals surface area contributed by atoms with E-state index < -0.39 is 28.4 Å². The van der Waals surface area contributed by atoms with E-state index in [2.05, 4.69) is 0 Å². The van der Waals surface area contributed by atoms with Gasteiger partial charge in [-0.2, -0.15) is 4.31 Å². The van der Waals surface area contributed by atoms with Gasteiger partial charge in [0.05, 0.1) is 24.7 Å². The molecule has 0 aliphatic carbocycles. The van der Waals surface area contributed by atoms with Gasteiger partial charge in [-0.1, -0.05) is 12.1 Å². The molecule has 0 unspecified atom stereocenters. The van der Waals surface area contributed by atoms with Crippen LogP contribution >= 0.6 is 0 Å². The summed E-state index contributed by atoms with van der Waals surface area (Å²) < 4.78 is 42.1. The number of nitrogens with zero attached hydrogens (tertiary/aromatic N) is 1. The van der Waals surface area contributed by atoms with Gasteiger partial charge < -0.3 is 14.2 Å². The van der Waals surface area contributed by atoms with Crippen LogP contribution in [0.1, 0.15) is 22.8 Å².